The number of aliphatic hydroxyl groups is 1. The fourth-order valence-corrected chi connectivity index (χ4v) is 3.59. The second kappa shape index (κ2) is 7.30. The van der Waals surface area contributed by atoms with E-state index in [1.54, 1.807) is 0 Å². The number of ether oxygens (including phenoxy) is 1. The summed E-state index contributed by atoms with van der Waals surface area (Å²) in [5, 5.41) is 9.56. The summed E-state index contributed by atoms with van der Waals surface area (Å²) >= 11 is 0. The Balaban J connectivity index is 1.66. The molecule has 2 saturated carbocycles. The summed E-state index contributed by atoms with van der Waals surface area (Å²) in [7, 11) is 0. The van der Waals surface area contributed by atoms with Crippen molar-refractivity contribution in [2.24, 2.45) is 11.8 Å². The summed E-state index contributed by atoms with van der Waals surface area (Å²) in [6, 6.07) is 0. The number of aliphatic hydroxyl groups excluding tert-OH is 1. The Morgan fingerprint density at radius 3 is 2.06 bits per heavy atom. The monoisotopic (exact) mass is 252 g/mol. The minimum atomic E-state index is -0.0123. The van der Waals surface area contributed by atoms with E-state index in [1.807, 2.05) is 6.92 Å². The van der Waals surface area contributed by atoms with Crippen molar-refractivity contribution in [3.8, 4) is 0 Å². The van der Waals surface area contributed by atoms with Gasteiger partial charge in [-0.2, -0.15) is 0 Å². The number of hydrogen-bond acceptors (Lipinski definition) is 2. The van der Waals surface area contributed by atoms with Crippen molar-refractivity contribution in [3.63, 3.8) is 0 Å². The lowest BCUT2D eigenvalue weighted by Crippen LogP contribution is -2.29. The molecule has 0 amide bonds. The average Bonchev–Trinajstić information content (AvgIpc) is 2.41. The van der Waals surface area contributed by atoms with Gasteiger partial charge >= 0.3 is 0 Å². The number of hydrogen-bond donors (Lipinski definition) is 1. The molecule has 0 atom stereocenters. The minimum absolute atomic E-state index is 0.0123. The van der Waals surface area contributed by atoms with Gasteiger partial charge in [-0.25, -0.2) is 0 Å². The molecule has 0 radical (unpaired) electrons. The van der Waals surface area contributed by atoms with Crippen molar-refractivity contribution in [1.29, 1.82) is 0 Å². The summed E-state index contributed by atoms with van der Waals surface area (Å²) < 4.78 is 5.85. The quantitative estimate of drug-likeness (QED) is 0.773. The Kier molecular flexibility index (Phi) is 5.71. The lowest BCUT2D eigenvalue weighted by molar-refractivity contribution is 0.0156. The Morgan fingerprint density at radius 1 is 0.944 bits per heavy atom. The van der Waals surface area contributed by atoms with Crippen molar-refractivity contribution in [2.75, 3.05) is 6.61 Å². The third-order valence-electron chi connectivity index (χ3n) is 4.79. The molecule has 0 bridgehead atoms. The first-order valence-electron chi connectivity index (χ1n) is 7.70. The third-order valence-corrected chi connectivity index (χ3v) is 4.79. The van der Waals surface area contributed by atoms with Gasteiger partial charge in [0, 0.05) is 0 Å². The highest BCUT2D eigenvalue weighted by Crippen LogP contribution is 2.38. The van der Waals surface area contributed by atoms with Gasteiger partial charge in [0.1, 0.15) is 0 Å². The second-order valence-electron chi connectivity index (χ2n) is 6.01. The fourth-order valence-electron chi connectivity index (χ4n) is 3.59. The Morgan fingerprint density at radius 2 is 1.50 bits per heavy atom. The molecule has 0 heterocycles. The lowest BCUT2D eigenvalue weighted by Gasteiger charge is -2.36. The van der Waals surface area contributed by atoms with Gasteiger partial charge in [-0.15, -0.1) is 0 Å². The van der Waals surface area contributed by atoms with Gasteiger partial charge in [0.2, 0.25) is 0 Å². The molecule has 2 aliphatic carbocycles. The Labute approximate surface area is 111 Å². The zero-order valence-corrected chi connectivity index (χ0v) is 11.7. The van der Waals surface area contributed by atoms with Gasteiger partial charge in [-0.3, -0.25) is 0 Å². The fraction of sp³-hybridized carbons (Fsp3) is 0.875. The maximum atomic E-state index is 9.56. The topological polar surface area (TPSA) is 29.5 Å². The molecule has 2 aliphatic rings. The van der Waals surface area contributed by atoms with E-state index in [1.165, 1.54) is 38.5 Å². The van der Waals surface area contributed by atoms with Gasteiger partial charge in [0.15, 0.2) is 0 Å². The maximum absolute atomic E-state index is 9.56. The summed E-state index contributed by atoms with van der Waals surface area (Å²) in [4.78, 5) is 0. The van der Waals surface area contributed by atoms with Crippen LogP contribution < -0.4 is 0 Å². The molecule has 0 aromatic carbocycles. The lowest BCUT2D eigenvalue weighted by atomic mass is 9.72. The summed E-state index contributed by atoms with van der Waals surface area (Å²) in [6.07, 6.45) is 14.3. The van der Waals surface area contributed by atoms with E-state index < -0.39 is 0 Å². The van der Waals surface area contributed by atoms with Gasteiger partial charge < -0.3 is 9.84 Å². The van der Waals surface area contributed by atoms with Crippen LogP contribution in [0.15, 0.2) is 12.2 Å². The summed E-state index contributed by atoms with van der Waals surface area (Å²) in [5.74, 6) is 1.78. The number of rotatable bonds is 4. The largest absolute Gasteiger partial charge is 0.393 e. The van der Waals surface area contributed by atoms with Crippen LogP contribution >= 0.6 is 0 Å². The summed E-state index contributed by atoms with van der Waals surface area (Å²) in [6.45, 7) is 2.82. The van der Waals surface area contributed by atoms with E-state index >= 15 is 0 Å². The molecule has 2 rings (SSSR count). The SMILES string of the molecule is CC=CCOC1CCC(C2CCC(O)CC2)CC1. The first kappa shape index (κ1) is 14.1. The van der Waals surface area contributed by atoms with Crippen molar-refractivity contribution in [3.05, 3.63) is 12.2 Å². The molecule has 0 unspecified atom stereocenters. The molecule has 0 aromatic heterocycles. The molecule has 0 aliphatic heterocycles. The zero-order chi connectivity index (χ0) is 12.8. The number of allylic oxidation sites excluding steroid dienone is 1. The smallest absolute Gasteiger partial charge is 0.0651 e. The van der Waals surface area contributed by atoms with Crippen molar-refractivity contribution >= 4 is 0 Å². The second-order valence-corrected chi connectivity index (χ2v) is 6.01. The normalized spacial score (nSPS) is 38.1. The van der Waals surface area contributed by atoms with E-state index in [4.69, 9.17) is 4.74 Å². The van der Waals surface area contributed by atoms with Gasteiger partial charge in [0.05, 0.1) is 18.8 Å². The van der Waals surface area contributed by atoms with E-state index in [-0.39, 0.29) is 6.10 Å². The first-order valence-corrected chi connectivity index (χ1v) is 7.70. The van der Waals surface area contributed by atoms with Crippen molar-refractivity contribution in [2.45, 2.75) is 70.5 Å². The van der Waals surface area contributed by atoms with Gasteiger partial charge in [0.25, 0.3) is 0 Å². The van der Waals surface area contributed by atoms with Crippen LogP contribution in [-0.2, 0) is 4.74 Å². The molecule has 2 fully saturated rings. The molecule has 0 saturated heterocycles. The Hall–Kier alpha value is -0.340. The molecule has 18 heavy (non-hydrogen) atoms. The van der Waals surface area contributed by atoms with Crippen LogP contribution in [-0.4, -0.2) is 23.9 Å². The highest BCUT2D eigenvalue weighted by molar-refractivity contribution is 4.83. The zero-order valence-electron chi connectivity index (χ0n) is 11.7. The van der Waals surface area contributed by atoms with Crippen LogP contribution in [0.2, 0.25) is 0 Å². The standard InChI is InChI=1S/C16H28O2/c1-2-3-12-18-16-10-6-14(7-11-16)13-4-8-15(17)9-5-13/h2-3,13-17H,4-12H2,1H3. The Bertz CT molecular complexity index is 246. The molecule has 0 aromatic rings. The maximum Gasteiger partial charge on any atom is 0.0651 e. The highest BCUT2D eigenvalue weighted by atomic mass is 16.5. The van der Waals surface area contributed by atoms with Crippen LogP contribution in [0, 0.1) is 11.8 Å². The molecule has 1 N–H and O–H groups in total. The molecule has 104 valence electrons. The van der Waals surface area contributed by atoms with E-state index in [0.717, 1.165) is 31.3 Å². The van der Waals surface area contributed by atoms with E-state index in [2.05, 4.69) is 12.2 Å². The predicted octanol–water partition coefficient (Wildman–Crippen LogP) is 3.69. The van der Waals surface area contributed by atoms with E-state index in [9.17, 15) is 5.11 Å². The average molecular weight is 252 g/mol. The van der Waals surface area contributed by atoms with E-state index in [0.29, 0.717) is 6.10 Å². The van der Waals surface area contributed by atoms with Crippen LogP contribution in [0.5, 0.6) is 0 Å². The first-order chi connectivity index (χ1) is 8.79. The van der Waals surface area contributed by atoms with Crippen LogP contribution in [0.3, 0.4) is 0 Å². The summed E-state index contributed by atoms with van der Waals surface area (Å²) in [5.41, 5.74) is 0. The van der Waals surface area contributed by atoms with Crippen molar-refractivity contribution in [1.82, 2.24) is 0 Å². The minimum Gasteiger partial charge on any atom is -0.393 e. The third kappa shape index (κ3) is 4.10. The molecular weight excluding hydrogens is 224 g/mol. The van der Waals surface area contributed by atoms with Crippen LogP contribution in [0.1, 0.15) is 58.3 Å². The van der Waals surface area contributed by atoms with Crippen LogP contribution in [0.25, 0.3) is 0 Å². The predicted molar refractivity (Wildman–Crippen MR) is 74.5 cm³/mol. The van der Waals surface area contributed by atoms with Crippen molar-refractivity contribution < 1.29 is 9.84 Å². The van der Waals surface area contributed by atoms with Crippen LogP contribution in [0.4, 0.5) is 0 Å². The molecular formula is C16H28O2. The van der Waals surface area contributed by atoms with Gasteiger partial charge in [-0.1, -0.05) is 12.2 Å². The highest BCUT2D eigenvalue weighted by Gasteiger charge is 2.30. The molecule has 2 nitrogen and oxygen atoms in total. The molecule has 0 spiro atoms. The van der Waals surface area contributed by atoms with Gasteiger partial charge in [-0.05, 0) is 70.1 Å². The molecule has 2 heteroatoms.